The molecule has 144 valence electrons. The third-order valence-electron chi connectivity index (χ3n) is 6.16. The highest BCUT2D eigenvalue weighted by Gasteiger charge is 2.45. The van der Waals surface area contributed by atoms with E-state index in [0.717, 1.165) is 37.8 Å². The number of carbonyl (C=O) groups excluding carboxylic acids is 1. The molecule has 1 saturated heterocycles. The standard InChI is InChI=1S/C20H30N2O3S/c1-22-15-4-3-6-17(22)11-14-21-19(23)20(12-5-13-20)16-7-9-18(10-8-16)26(2,24)25/h7-10,17H,3-6,11-15H2,1-2H3,(H,21,23). The third-order valence-corrected chi connectivity index (χ3v) is 7.29. The van der Waals surface area contributed by atoms with Crippen LogP contribution >= 0.6 is 0 Å². The van der Waals surface area contributed by atoms with Crippen LogP contribution in [0, 0.1) is 0 Å². The van der Waals surface area contributed by atoms with Crippen LogP contribution in [-0.2, 0) is 20.0 Å². The molecule has 1 aliphatic carbocycles. The highest BCUT2D eigenvalue weighted by Crippen LogP contribution is 2.44. The van der Waals surface area contributed by atoms with E-state index in [1.165, 1.54) is 25.5 Å². The molecule has 5 nitrogen and oxygen atoms in total. The summed E-state index contributed by atoms with van der Waals surface area (Å²) in [4.78, 5) is 15.6. The van der Waals surface area contributed by atoms with E-state index >= 15 is 0 Å². The molecule has 1 unspecified atom stereocenters. The first-order chi connectivity index (χ1) is 12.3. The van der Waals surface area contributed by atoms with Gasteiger partial charge in [-0.2, -0.15) is 0 Å². The Hall–Kier alpha value is -1.40. The van der Waals surface area contributed by atoms with Gasteiger partial charge in [0.25, 0.3) is 0 Å². The predicted molar refractivity (Wildman–Crippen MR) is 103 cm³/mol. The molecule has 0 radical (unpaired) electrons. The molecule has 1 aliphatic heterocycles. The fourth-order valence-electron chi connectivity index (χ4n) is 4.23. The van der Waals surface area contributed by atoms with Gasteiger partial charge >= 0.3 is 0 Å². The summed E-state index contributed by atoms with van der Waals surface area (Å²) >= 11 is 0. The van der Waals surface area contributed by atoms with Crippen molar-refractivity contribution in [3.8, 4) is 0 Å². The first-order valence-electron chi connectivity index (χ1n) is 9.62. The van der Waals surface area contributed by atoms with Crippen molar-refractivity contribution in [1.29, 1.82) is 0 Å². The van der Waals surface area contributed by atoms with E-state index in [0.29, 0.717) is 17.5 Å². The molecule has 2 aliphatic rings. The molecule has 1 N–H and O–H groups in total. The quantitative estimate of drug-likeness (QED) is 0.826. The zero-order valence-electron chi connectivity index (χ0n) is 15.8. The lowest BCUT2D eigenvalue weighted by atomic mass is 9.64. The van der Waals surface area contributed by atoms with Crippen molar-refractivity contribution < 1.29 is 13.2 Å². The topological polar surface area (TPSA) is 66.5 Å². The van der Waals surface area contributed by atoms with Crippen molar-refractivity contribution in [2.75, 3.05) is 26.4 Å². The number of hydrogen-bond acceptors (Lipinski definition) is 4. The summed E-state index contributed by atoms with van der Waals surface area (Å²) in [5.41, 5.74) is 0.456. The zero-order chi connectivity index (χ0) is 18.8. The SMILES string of the molecule is CN1CCCCC1CCNC(=O)C1(c2ccc(S(C)(=O)=O)cc2)CCC1. The van der Waals surface area contributed by atoms with Crippen LogP contribution in [0.15, 0.2) is 29.2 Å². The van der Waals surface area contributed by atoms with Crippen LogP contribution < -0.4 is 5.32 Å². The van der Waals surface area contributed by atoms with Gasteiger partial charge in [-0.3, -0.25) is 4.79 Å². The molecule has 2 fully saturated rings. The largest absolute Gasteiger partial charge is 0.355 e. The molecule has 1 saturated carbocycles. The highest BCUT2D eigenvalue weighted by molar-refractivity contribution is 7.90. The van der Waals surface area contributed by atoms with E-state index < -0.39 is 15.3 Å². The molecular weight excluding hydrogens is 348 g/mol. The number of benzene rings is 1. The summed E-state index contributed by atoms with van der Waals surface area (Å²) in [5.74, 6) is 0.0920. The highest BCUT2D eigenvalue weighted by atomic mass is 32.2. The normalized spacial score (nSPS) is 23.2. The summed E-state index contributed by atoms with van der Waals surface area (Å²) in [6.45, 7) is 1.85. The van der Waals surface area contributed by atoms with Gasteiger partial charge in [0.05, 0.1) is 10.3 Å². The second-order valence-electron chi connectivity index (χ2n) is 7.91. The van der Waals surface area contributed by atoms with Crippen LogP contribution in [0.2, 0.25) is 0 Å². The molecule has 1 amide bonds. The minimum absolute atomic E-state index is 0.0920. The van der Waals surface area contributed by atoms with Gasteiger partial charge in [-0.15, -0.1) is 0 Å². The Balaban J connectivity index is 1.62. The third kappa shape index (κ3) is 3.96. The van der Waals surface area contributed by atoms with Gasteiger partial charge in [0, 0.05) is 18.8 Å². The van der Waals surface area contributed by atoms with E-state index in [9.17, 15) is 13.2 Å². The molecule has 1 heterocycles. The number of nitrogens with one attached hydrogen (secondary N) is 1. The predicted octanol–water partition coefficient (Wildman–Crippen LogP) is 2.50. The van der Waals surface area contributed by atoms with Gasteiger partial charge in [-0.05, 0) is 63.4 Å². The Bertz CT molecular complexity index is 739. The molecule has 1 aromatic carbocycles. The fourth-order valence-corrected chi connectivity index (χ4v) is 4.86. The van der Waals surface area contributed by atoms with Crippen molar-refractivity contribution in [3.63, 3.8) is 0 Å². The maximum Gasteiger partial charge on any atom is 0.230 e. The Kier molecular flexibility index (Phi) is 5.72. The second-order valence-corrected chi connectivity index (χ2v) is 9.92. The van der Waals surface area contributed by atoms with Crippen LogP contribution in [-0.4, -0.2) is 51.7 Å². The summed E-state index contributed by atoms with van der Waals surface area (Å²) in [7, 11) is -1.04. The van der Waals surface area contributed by atoms with Gasteiger partial charge < -0.3 is 10.2 Å². The Morgan fingerprint density at radius 3 is 2.42 bits per heavy atom. The van der Waals surface area contributed by atoms with E-state index in [1.807, 2.05) is 12.1 Å². The lowest BCUT2D eigenvalue weighted by molar-refractivity contribution is -0.130. The van der Waals surface area contributed by atoms with Crippen LogP contribution in [0.1, 0.15) is 50.5 Å². The Labute approximate surface area is 157 Å². The first-order valence-corrected chi connectivity index (χ1v) is 11.5. The van der Waals surface area contributed by atoms with Crippen molar-refractivity contribution >= 4 is 15.7 Å². The number of amides is 1. The number of sulfone groups is 1. The smallest absolute Gasteiger partial charge is 0.230 e. The maximum absolute atomic E-state index is 12.9. The zero-order valence-corrected chi connectivity index (χ0v) is 16.6. The van der Waals surface area contributed by atoms with E-state index in [1.54, 1.807) is 12.1 Å². The van der Waals surface area contributed by atoms with Gasteiger partial charge in [0.1, 0.15) is 0 Å². The molecule has 1 aromatic rings. The van der Waals surface area contributed by atoms with Crippen molar-refractivity contribution in [3.05, 3.63) is 29.8 Å². The summed E-state index contributed by atoms with van der Waals surface area (Å²) in [6, 6.07) is 7.42. The van der Waals surface area contributed by atoms with Gasteiger partial charge in [0.15, 0.2) is 9.84 Å². The van der Waals surface area contributed by atoms with E-state index in [2.05, 4.69) is 17.3 Å². The van der Waals surface area contributed by atoms with Crippen molar-refractivity contribution in [2.45, 2.75) is 61.3 Å². The summed E-state index contributed by atoms with van der Waals surface area (Å²) in [6.07, 6.45) is 8.66. The minimum atomic E-state index is -3.21. The maximum atomic E-state index is 12.9. The van der Waals surface area contributed by atoms with Gasteiger partial charge in [0.2, 0.25) is 5.91 Å². The number of rotatable bonds is 6. The van der Waals surface area contributed by atoms with Crippen LogP contribution in [0.5, 0.6) is 0 Å². The molecule has 0 bridgehead atoms. The first kappa shape index (κ1) is 19.4. The number of likely N-dealkylation sites (tertiary alicyclic amines) is 1. The number of hydrogen-bond donors (Lipinski definition) is 1. The number of nitrogens with zero attached hydrogens (tertiary/aromatic N) is 1. The summed E-state index contributed by atoms with van der Waals surface area (Å²) < 4.78 is 23.3. The number of piperidine rings is 1. The van der Waals surface area contributed by atoms with Crippen LogP contribution in [0.4, 0.5) is 0 Å². The monoisotopic (exact) mass is 378 g/mol. The van der Waals surface area contributed by atoms with Crippen LogP contribution in [0.3, 0.4) is 0 Å². The van der Waals surface area contributed by atoms with Crippen LogP contribution in [0.25, 0.3) is 0 Å². The van der Waals surface area contributed by atoms with Crippen molar-refractivity contribution in [1.82, 2.24) is 10.2 Å². The average molecular weight is 379 g/mol. The molecular formula is C20H30N2O3S. The van der Waals surface area contributed by atoms with E-state index in [4.69, 9.17) is 0 Å². The Morgan fingerprint density at radius 1 is 1.19 bits per heavy atom. The second kappa shape index (κ2) is 7.69. The molecule has 3 rings (SSSR count). The lowest BCUT2D eigenvalue weighted by Crippen LogP contribution is -2.50. The minimum Gasteiger partial charge on any atom is -0.355 e. The molecule has 1 atom stereocenters. The molecule has 0 spiro atoms. The molecule has 6 heteroatoms. The summed E-state index contributed by atoms with van der Waals surface area (Å²) in [5, 5.41) is 3.15. The van der Waals surface area contributed by atoms with E-state index in [-0.39, 0.29) is 5.91 Å². The van der Waals surface area contributed by atoms with Crippen molar-refractivity contribution in [2.24, 2.45) is 0 Å². The molecule has 0 aromatic heterocycles. The fraction of sp³-hybridized carbons (Fsp3) is 0.650. The lowest BCUT2D eigenvalue weighted by Gasteiger charge is -2.41. The van der Waals surface area contributed by atoms with Gasteiger partial charge in [-0.25, -0.2) is 8.42 Å². The average Bonchev–Trinajstić information content (AvgIpc) is 2.55. The molecule has 26 heavy (non-hydrogen) atoms. The Morgan fingerprint density at radius 2 is 1.88 bits per heavy atom. The van der Waals surface area contributed by atoms with Gasteiger partial charge in [-0.1, -0.05) is 25.0 Å². The number of carbonyl (C=O) groups is 1.